The summed E-state index contributed by atoms with van der Waals surface area (Å²) < 4.78 is 1.48. The fourth-order valence-electron chi connectivity index (χ4n) is 5.12. The fourth-order valence-corrected chi connectivity index (χ4v) is 5.12. The summed E-state index contributed by atoms with van der Waals surface area (Å²) in [4.78, 5) is 30.1. The molecule has 0 bridgehead atoms. The molecule has 1 N–H and O–H groups in total. The van der Waals surface area contributed by atoms with Gasteiger partial charge in [0.15, 0.2) is 0 Å². The van der Waals surface area contributed by atoms with E-state index in [0.29, 0.717) is 19.6 Å². The first-order valence-electron chi connectivity index (χ1n) is 12.6. The summed E-state index contributed by atoms with van der Waals surface area (Å²) in [6, 6.07) is 20.1. The summed E-state index contributed by atoms with van der Waals surface area (Å²) in [5.74, 6) is 0.0371. The van der Waals surface area contributed by atoms with Crippen LogP contribution in [0.1, 0.15) is 29.5 Å². The fraction of sp³-hybridized carbons (Fsp3) is 0.393. The van der Waals surface area contributed by atoms with Crippen LogP contribution < -0.4 is 15.8 Å². The van der Waals surface area contributed by atoms with E-state index in [-0.39, 0.29) is 17.4 Å². The Bertz CT molecular complexity index is 1210. The molecule has 1 saturated heterocycles. The Balaban J connectivity index is 1.12. The van der Waals surface area contributed by atoms with Gasteiger partial charge in [-0.2, -0.15) is 5.10 Å². The number of piperidine rings is 1. The van der Waals surface area contributed by atoms with Crippen LogP contribution in [0.2, 0.25) is 0 Å². The monoisotopic (exact) mass is 471 g/mol. The average Bonchev–Trinajstić information content (AvgIpc) is 2.90. The number of nitrogens with one attached hydrogen (secondary N) is 1. The highest BCUT2D eigenvalue weighted by atomic mass is 16.2. The van der Waals surface area contributed by atoms with Crippen molar-refractivity contribution in [1.82, 2.24) is 20.0 Å². The third-order valence-electron chi connectivity index (χ3n) is 7.12. The van der Waals surface area contributed by atoms with Gasteiger partial charge >= 0.3 is 0 Å². The summed E-state index contributed by atoms with van der Waals surface area (Å²) in [7, 11) is 0. The Morgan fingerprint density at radius 1 is 1.03 bits per heavy atom. The Labute approximate surface area is 206 Å². The number of rotatable bonds is 7. The zero-order valence-electron chi connectivity index (χ0n) is 20.1. The number of hydrogen-bond donors (Lipinski definition) is 1. The number of anilines is 1. The van der Waals surface area contributed by atoms with Crippen molar-refractivity contribution < 1.29 is 4.79 Å². The molecule has 3 heterocycles. The summed E-state index contributed by atoms with van der Waals surface area (Å²) in [6.07, 6.45) is 4.62. The SMILES string of the molecule is O=C(NCCN1CCc2ccccc2C1)C1CCCN(c2cnn(Cc3ccccc3)c(=O)c2)C1. The second-order valence-electron chi connectivity index (χ2n) is 9.57. The first-order valence-corrected chi connectivity index (χ1v) is 12.6. The molecule has 0 radical (unpaired) electrons. The van der Waals surface area contributed by atoms with E-state index in [1.54, 1.807) is 12.3 Å². The van der Waals surface area contributed by atoms with Gasteiger partial charge in [0.1, 0.15) is 0 Å². The third-order valence-corrected chi connectivity index (χ3v) is 7.12. The van der Waals surface area contributed by atoms with E-state index in [1.807, 2.05) is 30.3 Å². The molecule has 1 unspecified atom stereocenters. The smallest absolute Gasteiger partial charge is 0.269 e. The third kappa shape index (κ3) is 5.80. The van der Waals surface area contributed by atoms with E-state index >= 15 is 0 Å². The molecule has 1 aromatic heterocycles. The van der Waals surface area contributed by atoms with E-state index < -0.39 is 0 Å². The van der Waals surface area contributed by atoms with Gasteiger partial charge < -0.3 is 10.2 Å². The zero-order valence-corrected chi connectivity index (χ0v) is 20.1. The van der Waals surface area contributed by atoms with E-state index in [0.717, 1.165) is 56.7 Å². The molecular formula is C28H33N5O2. The molecule has 1 amide bonds. The topological polar surface area (TPSA) is 70.5 Å². The minimum atomic E-state index is -0.124. The Hall–Kier alpha value is -3.45. The molecule has 0 spiro atoms. The molecule has 2 aliphatic heterocycles. The molecule has 3 aromatic rings. The van der Waals surface area contributed by atoms with E-state index in [1.165, 1.54) is 15.8 Å². The lowest BCUT2D eigenvalue weighted by molar-refractivity contribution is -0.125. The zero-order chi connectivity index (χ0) is 24.0. The molecule has 7 nitrogen and oxygen atoms in total. The quantitative estimate of drug-likeness (QED) is 0.574. The number of carbonyl (C=O) groups is 1. The molecule has 182 valence electrons. The average molecular weight is 472 g/mol. The van der Waals surface area contributed by atoms with Crippen LogP contribution in [0.4, 0.5) is 5.69 Å². The maximum atomic E-state index is 12.9. The molecule has 1 atom stereocenters. The Morgan fingerprint density at radius 3 is 2.66 bits per heavy atom. The van der Waals surface area contributed by atoms with Crippen LogP contribution >= 0.6 is 0 Å². The summed E-state index contributed by atoms with van der Waals surface area (Å²) >= 11 is 0. The van der Waals surface area contributed by atoms with Gasteiger partial charge in [-0.3, -0.25) is 14.5 Å². The van der Waals surface area contributed by atoms with Gasteiger partial charge in [0.2, 0.25) is 5.91 Å². The van der Waals surface area contributed by atoms with Crippen molar-refractivity contribution in [2.75, 3.05) is 37.6 Å². The van der Waals surface area contributed by atoms with Crippen molar-refractivity contribution in [1.29, 1.82) is 0 Å². The van der Waals surface area contributed by atoms with Crippen LogP contribution in [-0.2, 0) is 24.3 Å². The second-order valence-corrected chi connectivity index (χ2v) is 9.57. The van der Waals surface area contributed by atoms with Gasteiger partial charge in [-0.1, -0.05) is 54.6 Å². The van der Waals surface area contributed by atoms with Crippen LogP contribution in [-0.4, -0.2) is 53.3 Å². The number of benzene rings is 2. The predicted octanol–water partition coefficient (Wildman–Crippen LogP) is 2.68. The number of hydrogen-bond acceptors (Lipinski definition) is 5. The highest BCUT2D eigenvalue weighted by Crippen LogP contribution is 2.22. The van der Waals surface area contributed by atoms with Gasteiger partial charge in [-0.15, -0.1) is 0 Å². The molecule has 2 aromatic carbocycles. The first-order chi connectivity index (χ1) is 17.2. The normalized spacial score (nSPS) is 18.2. The van der Waals surface area contributed by atoms with Gasteiger partial charge in [-0.25, -0.2) is 4.68 Å². The molecular weight excluding hydrogens is 438 g/mol. The predicted molar refractivity (Wildman–Crippen MR) is 137 cm³/mol. The maximum absolute atomic E-state index is 12.9. The maximum Gasteiger partial charge on any atom is 0.269 e. The molecule has 0 aliphatic carbocycles. The second kappa shape index (κ2) is 10.9. The minimum absolute atomic E-state index is 0.0717. The Kier molecular flexibility index (Phi) is 7.23. The first kappa shape index (κ1) is 23.3. The van der Waals surface area contributed by atoms with Crippen molar-refractivity contribution >= 4 is 11.6 Å². The van der Waals surface area contributed by atoms with Crippen molar-refractivity contribution in [2.24, 2.45) is 5.92 Å². The van der Waals surface area contributed by atoms with Crippen LogP contribution in [0.15, 0.2) is 71.7 Å². The minimum Gasteiger partial charge on any atom is -0.369 e. The van der Waals surface area contributed by atoms with Crippen LogP contribution in [0.25, 0.3) is 0 Å². The highest BCUT2D eigenvalue weighted by molar-refractivity contribution is 5.79. The molecule has 1 fully saturated rings. The van der Waals surface area contributed by atoms with Crippen LogP contribution in [0.3, 0.4) is 0 Å². The number of nitrogens with zero attached hydrogens (tertiary/aromatic N) is 4. The van der Waals surface area contributed by atoms with Crippen LogP contribution in [0.5, 0.6) is 0 Å². The molecule has 0 saturated carbocycles. The summed E-state index contributed by atoms with van der Waals surface area (Å²) in [5, 5.41) is 7.55. The lowest BCUT2D eigenvalue weighted by Crippen LogP contribution is -2.45. The van der Waals surface area contributed by atoms with Gasteiger partial charge in [0.05, 0.1) is 24.3 Å². The van der Waals surface area contributed by atoms with Crippen molar-refractivity contribution in [3.05, 3.63) is 93.9 Å². The molecule has 2 aliphatic rings. The van der Waals surface area contributed by atoms with Gasteiger partial charge in [0.25, 0.3) is 5.56 Å². The molecule has 7 heteroatoms. The summed E-state index contributed by atoms with van der Waals surface area (Å²) in [6.45, 7) is 5.41. The van der Waals surface area contributed by atoms with E-state index in [4.69, 9.17) is 0 Å². The van der Waals surface area contributed by atoms with Crippen molar-refractivity contribution in [2.45, 2.75) is 32.4 Å². The number of fused-ring (bicyclic) bond motifs is 1. The van der Waals surface area contributed by atoms with E-state index in [9.17, 15) is 9.59 Å². The van der Waals surface area contributed by atoms with Gasteiger partial charge in [-0.05, 0) is 36.0 Å². The van der Waals surface area contributed by atoms with E-state index in [2.05, 4.69) is 44.5 Å². The van der Waals surface area contributed by atoms with Crippen molar-refractivity contribution in [3.63, 3.8) is 0 Å². The molecule has 5 rings (SSSR count). The number of amides is 1. The van der Waals surface area contributed by atoms with Gasteiger partial charge in [0, 0.05) is 45.3 Å². The van der Waals surface area contributed by atoms with Crippen molar-refractivity contribution in [3.8, 4) is 0 Å². The Morgan fingerprint density at radius 2 is 1.83 bits per heavy atom. The molecule has 35 heavy (non-hydrogen) atoms. The summed E-state index contributed by atoms with van der Waals surface area (Å²) in [5.41, 5.74) is 4.55. The lowest BCUT2D eigenvalue weighted by atomic mass is 9.96. The standard InChI is InChI=1S/C28H33N5O2/c34-27-17-26(18-30-33(27)19-22-7-2-1-3-8-22)32-14-6-11-25(21-32)28(35)29-13-16-31-15-12-23-9-4-5-10-24(23)20-31/h1-5,7-10,17-18,25H,6,11-16,19-21H2,(H,29,35). The van der Waals surface area contributed by atoms with Crippen LogP contribution in [0, 0.1) is 5.92 Å². The highest BCUT2D eigenvalue weighted by Gasteiger charge is 2.26. The number of carbonyl (C=O) groups excluding carboxylic acids is 1. The lowest BCUT2D eigenvalue weighted by Gasteiger charge is -2.33. The largest absolute Gasteiger partial charge is 0.369 e. The number of aromatic nitrogens is 2.